The molecule has 2 N–H and O–H groups in total. The fourth-order valence-electron chi connectivity index (χ4n) is 2.46. The summed E-state index contributed by atoms with van der Waals surface area (Å²) >= 11 is 6.00. The van der Waals surface area contributed by atoms with Crippen molar-refractivity contribution in [2.24, 2.45) is 4.99 Å². The topological polar surface area (TPSA) is 88.2 Å². The number of nitrogens with zero attached hydrogens (tertiary/aromatic N) is 4. The Hall–Kier alpha value is -2.93. The van der Waals surface area contributed by atoms with Crippen LogP contribution in [0.1, 0.15) is 11.6 Å². The van der Waals surface area contributed by atoms with Crippen LogP contribution < -0.4 is 10.6 Å². The highest BCUT2D eigenvalue weighted by Crippen LogP contribution is 2.19. The molecule has 2 heterocycles. The van der Waals surface area contributed by atoms with Crippen LogP contribution in [0.15, 0.2) is 58.2 Å². The fourth-order valence-corrected chi connectivity index (χ4v) is 2.65. The maximum Gasteiger partial charge on any atom is 0.228 e. The average Bonchev–Trinajstić information content (AvgIpc) is 3.16. The van der Waals surface area contributed by atoms with E-state index < -0.39 is 0 Å². The summed E-state index contributed by atoms with van der Waals surface area (Å²) in [6.45, 7) is 1.37. The lowest BCUT2D eigenvalue weighted by molar-refractivity contribution is 0.378. The molecule has 2 aromatic heterocycles. The van der Waals surface area contributed by atoms with Crippen LogP contribution >= 0.6 is 11.6 Å². The van der Waals surface area contributed by atoms with Gasteiger partial charge in [-0.3, -0.25) is 9.98 Å². The van der Waals surface area contributed by atoms with Crippen LogP contribution in [0.2, 0.25) is 5.02 Å². The lowest BCUT2D eigenvalue weighted by Gasteiger charge is -2.10. The molecule has 0 unspecified atom stereocenters. The van der Waals surface area contributed by atoms with Crippen LogP contribution in [-0.4, -0.2) is 41.2 Å². The Labute approximate surface area is 162 Å². The first-order valence-corrected chi connectivity index (χ1v) is 9.05. The van der Waals surface area contributed by atoms with Crippen molar-refractivity contribution in [3.05, 3.63) is 65.3 Å². The first-order valence-electron chi connectivity index (χ1n) is 8.67. The average molecular weight is 385 g/mol. The van der Waals surface area contributed by atoms with Gasteiger partial charge in [0.15, 0.2) is 5.96 Å². The number of pyridine rings is 1. The van der Waals surface area contributed by atoms with Crippen LogP contribution in [0, 0.1) is 0 Å². The van der Waals surface area contributed by atoms with Gasteiger partial charge in [-0.15, -0.1) is 0 Å². The second-order valence-corrected chi connectivity index (χ2v) is 6.21. The van der Waals surface area contributed by atoms with Crippen molar-refractivity contribution in [3.63, 3.8) is 0 Å². The molecule has 0 fully saturated rings. The third kappa shape index (κ3) is 5.79. The van der Waals surface area contributed by atoms with Crippen molar-refractivity contribution in [2.45, 2.75) is 12.8 Å². The number of guanidine groups is 1. The van der Waals surface area contributed by atoms with Gasteiger partial charge in [0.1, 0.15) is 0 Å². The van der Waals surface area contributed by atoms with E-state index in [1.54, 1.807) is 13.2 Å². The lowest BCUT2D eigenvalue weighted by atomic mass is 10.2. The Morgan fingerprint density at radius 3 is 2.70 bits per heavy atom. The number of nitrogens with one attached hydrogen (secondary N) is 2. The Morgan fingerprint density at radius 2 is 1.96 bits per heavy atom. The number of aromatic nitrogens is 3. The van der Waals surface area contributed by atoms with Gasteiger partial charge in [-0.25, -0.2) is 0 Å². The van der Waals surface area contributed by atoms with Crippen molar-refractivity contribution in [1.29, 1.82) is 0 Å². The van der Waals surface area contributed by atoms with Crippen LogP contribution in [0.3, 0.4) is 0 Å². The summed E-state index contributed by atoms with van der Waals surface area (Å²) in [6, 6.07) is 13.3. The highest BCUT2D eigenvalue weighted by Gasteiger charge is 2.09. The first kappa shape index (κ1) is 18.8. The van der Waals surface area contributed by atoms with Gasteiger partial charge in [0, 0.05) is 55.5 Å². The zero-order valence-electron chi connectivity index (χ0n) is 15.0. The second-order valence-electron chi connectivity index (χ2n) is 5.77. The zero-order chi connectivity index (χ0) is 18.9. The van der Waals surface area contributed by atoms with Crippen molar-refractivity contribution in [2.75, 3.05) is 20.1 Å². The Kier molecular flexibility index (Phi) is 6.76. The van der Waals surface area contributed by atoms with E-state index in [-0.39, 0.29) is 0 Å². The summed E-state index contributed by atoms with van der Waals surface area (Å²) in [6.07, 6.45) is 3.22. The van der Waals surface area contributed by atoms with Gasteiger partial charge in [-0.05, 0) is 24.3 Å². The molecule has 0 saturated heterocycles. The van der Waals surface area contributed by atoms with Crippen molar-refractivity contribution in [3.8, 4) is 11.4 Å². The molecule has 0 atom stereocenters. The minimum atomic E-state index is 0.533. The van der Waals surface area contributed by atoms with E-state index >= 15 is 0 Å². The minimum Gasteiger partial charge on any atom is -0.356 e. The molecule has 1 aromatic carbocycles. The number of halogens is 1. The Morgan fingerprint density at radius 1 is 1.11 bits per heavy atom. The molecule has 0 bridgehead atoms. The number of hydrogen-bond donors (Lipinski definition) is 2. The first-order chi connectivity index (χ1) is 13.2. The van der Waals surface area contributed by atoms with Gasteiger partial charge in [0.05, 0.1) is 0 Å². The third-order valence-corrected chi connectivity index (χ3v) is 4.04. The molecule has 140 valence electrons. The molecule has 0 aliphatic heterocycles. The quantitative estimate of drug-likeness (QED) is 0.481. The van der Waals surface area contributed by atoms with E-state index in [9.17, 15) is 0 Å². The monoisotopic (exact) mass is 384 g/mol. The van der Waals surface area contributed by atoms with Gasteiger partial charge < -0.3 is 15.2 Å². The Balaban J connectivity index is 1.43. The highest BCUT2D eigenvalue weighted by molar-refractivity contribution is 6.30. The van der Waals surface area contributed by atoms with E-state index in [0.29, 0.717) is 29.7 Å². The van der Waals surface area contributed by atoms with Crippen LogP contribution in [0.25, 0.3) is 11.4 Å². The summed E-state index contributed by atoms with van der Waals surface area (Å²) < 4.78 is 5.30. The van der Waals surface area contributed by atoms with Gasteiger partial charge in [0.2, 0.25) is 11.7 Å². The molecule has 8 heteroatoms. The highest BCUT2D eigenvalue weighted by atomic mass is 35.5. The van der Waals surface area contributed by atoms with Crippen molar-refractivity contribution in [1.82, 2.24) is 25.8 Å². The fraction of sp³-hybridized carbons (Fsp3) is 0.263. The molecule has 0 amide bonds. The third-order valence-electron chi connectivity index (χ3n) is 3.81. The standard InChI is InChI=1S/C19H21ClN6O/c1-21-19(23-11-8-16-7-2-3-10-22-16)24-12-9-17-25-18(26-27-17)14-5-4-6-15(20)13-14/h2-7,10,13H,8-9,11-12H2,1H3,(H2,21,23,24). The summed E-state index contributed by atoms with van der Waals surface area (Å²) in [7, 11) is 1.74. The smallest absolute Gasteiger partial charge is 0.228 e. The maximum absolute atomic E-state index is 6.00. The van der Waals surface area contributed by atoms with Crippen molar-refractivity contribution >= 4 is 17.6 Å². The zero-order valence-corrected chi connectivity index (χ0v) is 15.8. The van der Waals surface area contributed by atoms with E-state index in [1.807, 2.05) is 42.5 Å². The molecule has 0 spiro atoms. The predicted molar refractivity (Wildman–Crippen MR) is 106 cm³/mol. The molecular weight excluding hydrogens is 364 g/mol. The van der Waals surface area contributed by atoms with Gasteiger partial charge >= 0.3 is 0 Å². The summed E-state index contributed by atoms with van der Waals surface area (Å²) in [4.78, 5) is 12.9. The van der Waals surface area contributed by atoms with Gasteiger partial charge in [-0.1, -0.05) is 35.0 Å². The number of benzene rings is 1. The van der Waals surface area contributed by atoms with E-state index in [4.69, 9.17) is 16.1 Å². The minimum absolute atomic E-state index is 0.533. The van der Waals surface area contributed by atoms with Crippen LogP contribution in [-0.2, 0) is 12.8 Å². The lowest BCUT2D eigenvalue weighted by Crippen LogP contribution is -2.39. The molecule has 0 aliphatic rings. The Bertz CT molecular complexity index is 881. The molecule has 0 aliphatic carbocycles. The molecular formula is C19H21ClN6O. The second kappa shape index (κ2) is 9.68. The normalized spacial score (nSPS) is 11.4. The van der Waals surface area contributed by atoms with E-state index in [0.717, 1.165) is 30.2 Å². The number of rotatable bonds is 7. The van der Waals surface area contributed by atoms with E-state index in [1.165, 1.54) is 0 Å². The van der Waals surface area contributed by atoms with E-state index in [2.05, 4.69) is 30.8 Å². The summed E-state index contributed by atoms with van der Waals surface area (Å²) in [5.41, 5.74) is 1.87. The summed E-state index contributed by atoms with van der Waals surface area (Å²) in [5, 5.41) is 11.1. The largest absolute Gasteiger partial charge is 0.356 e. The van der Waals surface area contributed by atoms with Crippen LogP contribution in [0.4, 0.5) is 0 Å². The van der Waals surface area contributed by atoms with Crippen molar-refractivity contribution < 1.29 is 4.52 Å². The predicted octanol–water partition coefficient (Wildman–Crippen LogP) is 2.74. The molecule has 0 radical (unpaired) electrons. The summed E-state index contributed by atoms with van der Waals surface area (Å²) in [5.74, 6) is 1.81. The maximum atomic E-state index is 6.00. The molecule has 27 heavy (non-hydrogen) atoms. The number of hydrogen-bond acceptors (Lipinski definition) is 5. The molecule has 3 aromatic rings. The SMILES string of the molecule is CN=C(NCCc1ccccn1)NCCc1nc(-c2cccc(Cl)c2)no1. The molecule has 7 nitrogen and oxygen atoms in total. The van der Waals surface area contributed by atoms with Crippen LogP contribution in [0.5, 0.6) is 0 Å². The molecule has 0 saturated carbocycles. The number of aliphatic imine (C=N–C) groups is 1. The van der Waals surface area contributed by atoms with Gasteiger partial charge in [0.25, 0.3) is 0 Å². The molecule has 3 rings (SSSR count). The van der Waals surface area contributed by atoms with Gasteiger partial charge in [-0.2, -0.15) is 4.98 Å².